The number of hydrogen-bond acceptors (Lipinski definition) is 6. The van der Waals surface area contributed by atoms with E-state index in [9.17, 15) is 9.90 Å². The van der Waals surface area contributed by atoms with Gasteiger partial charge in [-0.25, -0.2) is 4.98 Å². The fraction of sp³-hybridized carbons (Fsp3) is 0.476. The van der Waals surface area contributed by atoms with Gasteiger partial charge in [0.1, 0.15) is 11.6 Å². The fourth-order valence-corrected chi connectivity index (χ4v) is 3.90. The Bertz CT molecular complexity index is 857. The second-order valence-electron chi connectivity index (χ2n) is 7.31. The SMILES string of the molecule is CCN(C(=O)c1ccc2c(c1)CCO2)c1ccnc(NC2CCCCC2O)n1. The Morgan fingerprint density at radius 2 is 2.18 bits per heavy atom. The predicted molar refractivity (Wildman–Crippen MR) is 107 cm³/mol. The first-order chi connectivity index (χ1) is 13.7. The number of amides is 1. The number of nitrogens with one attached hydrogen (secondary N) is 1. The van der Waals surface area contributed by atoms with Crippen molar-refractivity contribution in [3.8, 4) is 5.75 Å². The zero-order chi connectivity index (χ0) is 19.5. The molecule has 2 aliphatic rings. The maximum atomic E-state index is 13.1. The number of nitrogens with zero attached hydrogens (tertiary/aromatic N) is 3. The summed E-state index contributed by atoms with van der Waals surface area (Å²) in [5, 5.41) is 13.4. The summed E-state index contributed by atoms with van der Waals surface area (Å²) in [5.41, 5.74) is 1.69. The highest BCUT2D eigenvalue weighted by Crippen LogP contribution is 2.27. The lowest BCUT2D eigenvalue weighted by atomic mass is 9.93. The van der Waals surface area contributed by atoms with Gasteiger partial charge in [-0.1, -0.05) is 12.8 Å². The first-order valence-electron chi connectivity index (χ1n) is 10.0. The van der Waals surface area contributed by atoms with Gasteiger partial charge in [-0.3, -0.25) is 9.69 Å². The van der Waals surface area contributed by atoms with E-state index in [0.29, 0.717) is 30.5 Å². The molecule has 0 spiro atoms. The molecule has 1 saturated carbocycles. The highest BCUT2D eigenvalue weighted by molar-refractivity contribution is 6.05. The third-order valence-electron chi connectivity index (χ3n) is 5.46. The number of ether oxygens (including phenoxy) is 1. The summed E-state index contributed by atoms with van der Waals surface area (Å²) >= 11 is 0. The summed E-state index contributed by atoms with van der Waals surface area (Å²) in [4.78, 5) is 23.5. The monoisotopic (exact) mass is 382 g/mol. The molecule has 28 heavy (non-hydrogen) atoms. The molecule has 1 aromatic carbocycles. The minimum absolute atomic E-state index is 0.0495. The van der Waals surface area contributed by atoms with Crippen molar-refractivity contribution in [3.05, 3.63) is 41.6 Å². The quantitative estimate of drug-likeness (QED) is 0.827. The molecule has 0 saturated heterocycles. The zero-order valence-corrected chi connectivity index (χ0v) is 16.1. The van der Waals surface area contributed by atoms with Crippen LogP contribution >= 0.6 is 0 Å². The van der Waals surface area contributed by atoms with E-state index in [1.165, 1.54) is 0 Å². The highest BCUT2D eigenvalue weighted by atomic mass is 16.5. The van der Waals surface area contributed by atoms with Gasteiger partial charge in [-0.2, -0.15) is 4.98 Å². The van der Waals surface area contributed by atoms with E-state index < -0.39 is 6.10 Å². The molecule has 2 atom stereocenters. The first-order valence-corrected chi connectivity index (χ1v) is 10.0. The van der Waals surface area contributed by atoms with Crippen molar-refractivity contribution >= 4 is 17.7 Å². The minimum Gasteiger partial charge on any atom is -0.493 e. The standard InChI is InChI=1S/C21H26N4O3/c1-2-25(20(27)15-7-8-18-14(13-15)10-12-28-18)19-9-11-22-21(24-19)23-16-5-3-4-6-17(16)26/h7-9,11,13,16-17,26H,2-6,10,12H2,1H3,(H,22,23,24). The van der Waals surface area contributed by atoms with Gasteiger partial charge in [-0.05, 0) is 49.6 Å². The van der Waals surface area contributed by atoms with Crippen molar-refractivity contribution in [1.29, 1.82) is 0 Å². The molecule has 2 heterocycles. The third kappa shape index (κ3) is 3.80. The number of carbonyl (C=O) groups excluding carboxylic acids is 1. The minimum atomic E-state index is -0.390. The normalized spacial score (nSPS) is 20.9. The number of hydrogen-bond donors (Lipinski definition) is 2. The highest BCUT2D eigenvalue weighted by Gasteiger charge is 2.25. The number of anilines is 2. The molecule has 1 amide bonds. The second kappa shape index (κ2) is 8.14. The van der Waals surface area contributed by atoms with Crippen LogP contribution in [0.25, 0.3) is 0 Å². The second-order valence-corrected chi connectivity index (χ2v) is 7.31. The number of carbonyl (C=O) groups is 1. The molecule has 4 rings (SSSR count). The summed E-state index contributed by atoms with van der Waals surface area (Å²) in [7, 11) is 0. The van der Waals surface area contributed by atoms with E-state index in [1.54, 1.807) is 23.2 Å². The van der Waals surface area contributed by atoms with E-state index >= 15 is 0 Å². The Morgan fingerprint density at radius 3 is 3.00 bits per heavy atom. The lowest BCUT2D eigenvalue weighted by Gasteiger charge is -2.28. The van der Waals surface area contributed by atoms with E-state index in [-0.39, 0.29) is 11.9 Å². The van der Waals surface area contributed by atoms with E-state index in [2.05, 4.69) is 15.3 Å². The van der Waals surface area contributed by atoms with E-state index in [1.807, 2.05) is 19.1 Å². The van der Waals surface area contributed by atoms with Crippen LogP contribution in [0.15, 0.2) is 30.5 Å². The van der Waals surface area contributed by atoms with E-state index in [4.69, 9.17) is 4.74 Å². The van der Waals surface area contributed by atoms with Gasteiger partial charge in [0.25, 0.3) is 5.91 Å². The average molecular weight is 382 g/mol. The molecule has 0 radical (unpaired) electrons. The summed E-state index contributed by atoms with van der Waals surface area (Å²) in [6.45, 7) is 3.09. The van der Waals surface area contributed by atoms with Gasteiger partial charge in [0.05, 0.1) is 18.8 Å². The summed E-state index contributed by atoms with van der Waals surface area (Å²) < 4.78 is 5.53. The van der Waals surface area contributed by atoms with Crippen LogP contribution < -0.4 is 15.0 Å². The van der Waals surface area contributed by atoms with Gasteiger partial charge in [0.15, 0.2) is 0 Å². The lowest BCUT2D eigenvalue weighted by molar-refractivity contribution is 0.0987. The summed E-state index contributed by atoms with van der Waals surface area (Å²) in [6.07, 6.45) is 5.89. The Hall–Kier alpha value is -2.67. The fourth-order valence-electron chi connectivity index (χ4n) is 3.90. The number of aliphatic hydroxyl groups is 1. The maximum absolute atomic E-state index is 13.1. The molecular formula is C21H26N4O3. The number of benzene rings is 1. The van der Waals surface area contributed by atoms with Crippen molar-refractivity contribution in [2.24, 2.45) is 0 Å². The molecule has 1 aromatic heterocycles. The predicted octanol–water partition coefficient (Wildman–Crippen LogP) is 2.79. The van der Waals surface area contributed by atoms with Crippen LogP contribution in [0.1, 0.15) is 48.5 Å². The zero-order valence-electron chi connectivity index (χ0n) is 16.1. The topological polar surface area (TPSA) is 87.6 Å². The third-order valence-corrected chi connectivity index (χ3v) is 5.46. The van der Waals surface area contributed by atoms with Gasteiger partial charge >= 0.3 is 0 Å². The number of aromatic nitrogens is 2. The number of fused-ring (bicyclic) bond motifs is 1. The molecule has 7 nitrogen and oxygen atoms in total. The average Bonchev–Trinajstić information content (AvgIpc) is 3.18. The Labute approximate surface area is 164 Å². The van der Waals surface area contributed by atoms with Crippen LogP contribution in [0, 0.1) is 0 Å². The largest absolute Gasteiger partial charge is 0.493 e. The van der Waals surface area contributed by atoms with Crippen molar-refractivity contribution in [2.75, 3.05) is 23.4 Å². The van der Waals surface area contributed by atoms with Crippen molar-refractivity contribution in [1.82, 2.24) is 9.97 Å². The maximum Gasteiger partial charge on any atom is 0.259 e. The molecule has 7 heteroatoms. The number of aliphatic hydroxyl groups excluding tert-OH is 1. The molecule has 0 bridgehead atoms. The Balaban J connectivity index is 1.53. The van der Waals surface area contributed by atoms with Crippen LogP contribution in [-0.2, 0) is 6.42 Å². The molecule has 1 aliphatic heterocycles. The molecule has 1 fully saturated rings. The van der Waals surface area contributed by atoms with Gasteiger partial charge in [0.2, 0.25) is 5.95 Å². The molecule has 2 N–H and O–H groups in total. The van der Waals surface area contributed by atoms with Crippen molar-refractivity contribution in [3.63, 3.8) is 0 Å². The molecule has 1 aliphatic carbocycles. The smallest absolute Gasteiger partial charge is 0.259 e. The summed E-state index contributed by atoms with van der Waals surface area (Å²) in [5.74, 6) is 1.75. The van der Waals surface area contributed by atoms with Gasteiger partial charge < -0.3 is 15.2 Å². The van der Waals surface area contributed by atoms with Crippen LogP contribution in [0.3, 0.4) is 0 Å². The van der Waals surface area contributed by atoms with Crippen LogP contribution in [0.5, 0.6) is 5.75 Å². The van der Waals surface area contributed by atoms with Gasteiger partial charge in [0, 0.05) is 24.7 Å². The van der Waals surface area contributed by atoms with E-state index in [0.717, 1.165) is 43.4 Å². The molecule has 2 aromatic rings. The molecule has 2 unspecified atom stereocenters. The van der Waals surface area contributed by atoms with Crippen molar-refractivity contribution in [2.45, 2.75) is 51.2 Å². The Morgan fingerprint density at radius 1 is 1.32 bits per heavy atom. The van der Waals surface area contributed by atoms with Gasteiger partial charge in [-0.15, -0.1) is 0 Å². The van der Waals surface area contributed by atoms with Crippen LogP contribution in [0.2, 0.25) is 0 Å². The first kappa shape index (κ1) is 18.7. The van der Waals surface area contributed by atoms with Crippen LogP contribution in [-0.4, -0.2) is 46.3 Å². The Kier molecular flexibility index (Phi) is 5.43. The molecule has 148 valence electrons. The van der Waals surface area contributed by atoms with Crippen molar-refractivity contribution < 1.29 is 14.6 Å². The molecular weight excluding hydrogens is 356 g/mol. The van der Waals surface area contributed by atoms with Crippen LogP contribution in [0.4, 0.5) is 11.8 Å². The summed E-state index contributed by atoms with van der Waals surface area (Å²) in [6, 6.07) is 7.26. The number of rotatable bonds is 5. The lowest BCUT2D eigenvalue weighted by Crippen LogP contribution is -2.37.